The van der Waals surface area contributed by atoms with Crippen molar-refractivity contribution in [2.75, 3.05) is 19.6 Å². The molecule has 0 spiro atoms. The molecule has 2 N–H and O–H groups in total. The van der Waals surface area contributed by atoms with Crippen molar-refractivity contribution in [1.82, 2.24) is 9.21 Å². The van der Waals surface area contributed by atoms with E-state index in [1.165, 1.54) is 17.8 Å². The minimum Gasteiger partial charge on any atom is -0.326 e. The molecule has 2 aliphatic rings. The van der Waals surface area contributed by atoms with Gasteiger partial charge in [-0.15, -0.1) is 11.3 Å². The summed E-state index contributed by atoms with van der Waals surface area (Å²) in [6, 6.07) is 0.408. The van der Waals surface area contributed by atoms with Gasteiger partial charge >= 0.3 is 0 Å². The van der Waals surface area contributed by atoms with Crippen LogP contribution in [0.15, 0.2) is 10.3 Å². The summed E-state index contributed by atoms with van der Waals surface area (Å²) in [5.74, 6) is 0. The molecular weight excluding hydrogens is 306 g/mol. The van der Waals surface area contributed by atoms with Gasteiger partial charge in [0.2, 0.25) is 10.0 Å². The van der Waals surface area contributed by atoms with Crippen LogP contribution >= 0.6 is 11.3 Å². The lowest BCUT2D eigenvalue weighted by molar-refractivity contribution is 0.117. The van der Waals surface area contributed by atoms with E-state index in [2.05, 4.69) is 4.90 Å². The first kappa shape index (κ1) is 15.4. The molecule has 0 amide bonds. The van der Waals surface area contributed by atoms with Gasteiger partial charge in [-0.05, 0) is 44.2 Å². The Balaban J connectivity index is 1.96. The summed E-state index contributed by atoms with van der Waals surface area (Å²) in [7, 11) is -3.44. The first-order valence-corrected chi connectivity index (χ1v) is 9.80. The summed E-state index contributed by atoms with van der Waals surface area (Å²) in [5, 5.41) is 1.89. The highest BCUT2D eigenvalue weighted by atomic mass is 32.2. The van der Waals surface area contributed by atoms with Crippen LogP contribution in [0.1, 0.15) is 30.2 Å². The molecule has 3 heterocycles. The number of hydrogen-bond acceptors (Lipinski definition) is 5. The second kappa shape index (κ2) is 5.62. The molecule has 21 heavy (non-hydrogen) atoms. The molecule has 0 saturated carbocycles. The van der Waals surface area contributed by atoms with Crippen LogP contribution in [0.4, 0.5) is 0 Å². The zero-order chi connectivity index (χ0) is 15.2. The normalized spacial score (nSPS) is 28.0. The van der Waals surface area contributed by atoms with Gasteiger partial charge in [-0.2, -0.15) is 4.31 Å². The summed E-state index contributed by atoms with van der Waals surface area (Å²) < 4.78 is 27.9. The number of piperazine rings is 1. The van der Waals surface area contributed by atoms with Gasteiger partial charge in [0, 0.05) is 36.6 Å². The topological polar surface area (TPSA) is 66.6 Å². The van der Waals surface area contributed by atoms with Gasteiger partial charge in [0.15, 0.2) is 0 Å². The Kier molecular flexibility index (Phi) is 4.13. The Morgan fingerprint density at radius 1 is 1.43 bits per heavy atom. The van der Waals surface area contributed by atoms with E-state index in [0.717, 1.165) is 30.0 Å². The van der Waals surface area contributed by atoms with E-state index in [9.17, 15) is 8.42 Å². The molecule has 5 nitrogen and oxygen atoms in total. The Bertz CT molecular complexity index is 626. The molecule has 2 aliphatic heterocycles. The maximum Gasteiger partial charge on any atom is 0.244 e. The van der Waals surface area contributed by atoms with Crippen molar-refractivity contribution in [3.63, 3.8) is 0 Å². The van der Waals surface area contributed by atoms with Gasteiger partial charge in [0.05, 0.1) is 0 Å². The molecular formula is C14H23N3O2S2. The molecule has 0 bridgehead atoms. The highest BCUT2D eigenvalue weighted by Crippen LogP contribution is 2.33. The number of hydrogen-bond donors (Lipinski definition) is 1. The van der Waals surface area contributed by atoms with Crippen LogP contribution in [0, 0.1) is 6.92 Å². The zero-order valence-electron chi connectivity index (χ0n) is 12.6. The first-order chi connectivity index (χ1) is 9.95. The SMILES string of the molecule is Cc1csc(CN)c1S(=O)(=O)N1CC2CCCN2CC1C. The van der Waals surface area contributed by atoms with E-state index < -0.39 is 10.0 Å². The minimum absolute atomic E-state index is 0.0225. The molecule has 0 aliphatic carbocycles. The summed E-state index contributed by atoms with van der Waals surface area (Å²) in [6.07, 6.45) is 2.28. The molecule has 1 aromatic rings. The largest absolute Gasteiger partial charge is 0.326 e. The second-order valence-corrected chi connectivity index (χ2v) is 8.88. The van der Waals surface area contributed by atoms with Crippen LogP contribution < -0.4 is 5.73 Å². The second-order valence-electron chi connectivity index (χ2n) is 6.09. The van der Waals surface area contributed by atoms with Gasteiger partial charge in [-0.1, -0.05) is 0 Å². The minimum atomic E-state index is -3.44. The average molecular weight is 329 g/mol. The van der Waals surface area contributed by atoms with E-state index >= 15 is 0 Å². The Morgan fingerprint density at radius 3 is 2.90 bits per heavy atom. The highest BCUT2D eigenvalue weighted by molar-refractivity contribution is 7.89. The van der Waals surface area contributed by atoms with E-state index in [1.54, 1.807) is 4.31 Å². The average Bonchev–Trinajstić information content (AvgIpc) is 3.03. The number of rotatable bonds is 3. The maximum atomic E-state index is 13.1. The molecule has 118 valence electrons. The molecule has 0 radical (unpaired) electrons. The van der Waals surface area contributed by atoms with E-state index in [4.69, 9.17) is 5.73 Å². The smallest absolute Gasteiger partial charge is 0.244 e. The van der Waals surface area contributed by atoms with Crippen LogP contribution in [-0.2, 0) is 16.6 Å². The molecule has 0 aromatic carbocycles. The lowest BCUT2D eigenvalue weighted by Gasteiger charge is -2.41. The van der Waals surface area contributed by atoms with Crippen molar-refractivity contribution in [2.45, 2.75) is 50.2 Å². The van der Waals surface area contributed by atoms with Gasteiger partial charge < -0.3 is 5.73 Å². The molecule has 2 unspecified atom stereocenters. The third-order valence-electron chi connectivity index (χ3n) is 4.62. The summed E-state index contributed by atoms with van der Waals surface area (Å²) >= 11 is 1.45. The van der Waals surface area contributed by atoms with Crippen LogP contribution in [0.25, 0.3) is 0 Å². The lowest BCUT2D eigenvalue weighted by atomic mass is 10.1. The third kappa shape index (κ3) is 2.55. The van der Waals surface area contributed by atoms with Crippen LogP contribution in [0.3, 0.4) is 0 Å². The summed E-state index contributed by atoms with van der Waals surface area (Å²) in [5.41, 5.74) is 6.55. The number of nitrogens with zero attached hydrogens (tertiary/aromatic N) is 2. The predicted octanol–water partition coefficient (Wildman–Crippen LogP) is 1.37. The lowest BCUT2D eigenvalue weighted by Crippen LogP contribution is -2.56. The third-order valence-corrected chi connectivity index (χ3v) is 8.09. The van der Waals surface area contributed by atoms with Crippen molar-refractivity contribution in [3.8, 4) is 0 Å². The van der Waals surface area contributed by atoms with Gasteiger partial charge in [0.1, 0.15) is 4.90 Å². The molecule has 3 rings (SSSR count). The Morgan fingerprint density at radius 2 is 2.19 bits per heavy atom. The predicted molar refractivity (Wildman–Crippen MR) is 84.9 cm³/mol. The van der Waals surface area contributed by atoms with Crippen molar-refractivity contribution in [2.24, 2.45) is 5.73 Å². The van der Waals surface area contributed by atoms with E-state index in [-0.39, 0.29) is 12.6 Å². The van der Waals surface area contributed by atoms with Crippen molar-refractivity contribution in [1.29, 1.82) is 0 Å². The number of fused-ring (bicyclic) bond motifs is 1. The fraction of sp³-hybridized carbons (Fsp3) is 0.714. The standard InChI is InChI=1S/C14H23N3O2S2/c1-10-9-20-13(6-15)14(10)21(18,19)17-8-12-4-3-5-16(12)7-11(17)2/h9,11-12H,3-8,15H2,1-2H3. The van der Waals surface area contributed by atoms with Gasteiger partial charge in [-0.3, -0.25) is 4.90 Å². The highest BCUT2D eigenvalue weighted by Gasteiger charge is 2.41. The number of nitrogens with two attached hydrogens (primary N) is 1. The molecule has 2 saturated heterocycles. The van der Waals surface area contributed by atoms with Gasteiger partial charge in [-0.25, -0.2) is 8.42 Å². The first-order valence-electron chi connectivity index (χ1n) is 7.48. The van der Waals surface area contributed by atoms with Crippen LogP contribution in [0.5, 0.6) is 0 Å². The monoisotopic (exact) mass is 329 g/mol. The van der Waals surface area contributed by atoms with Gasteiger partial charge in [0.25, 0.3) is 0 Å². The van der Waals surface area contributed by atoms with Crippen molar-refractivity contribution in [3.05, 3.63) is 15.8 Å². The van der Waals surface area contributed by atoms with Crippen molar-refractivity contribution < 1.29 is 8.42 Å². The van der Waals surface area contributed by atoms with Crippen molar-refractivity contribution >= 4 is 21.4 Å². The zero-order valence-corrected chi connectivity index (χ0v) is 14.2. The quantitative estimate of drug-likeness (QED) is 0.909. The molecule has 2 atom stereocenters. The van der Waals surface area contributed by atoms with E-state index in [0.29, 0.717) is 17.5 Å². The number of thiophene rings is 1. The Labute approximate surface area is 130 Å². The summed E-state index contributed by atoms with van der Waals surface area (Å²) in [4.78, 5) is 3.66. The van der Waals surface area contributed by atoms with Crippen LogP contribution in [0.2, 0.25) is 0 Å². The summed E-state index contributed by atoms with van der Waals surface area (Å²) in [6.45, 7) is 6.71. The van der Waals surface area contributed by atoms with Crippen LogP contribution in [-0.4, -0.2) is 49.3 Å². The Hall–Kier alpha value is -0.470. The fourth-order valence-electron chi connectivity index (χ4n) is 3.59. The number of sulfonamides is 1. The molecule has 1 aromatic heterocycles. The van der Waals surface area contributed by atoms with E-state index in [1.807, 2.05) is 19.2 Å². The fourth-order valence-corrected chi connectivity index (χ4v) is 6.90. The number of aryl methyl sites for hydroxylation is 1. The maximum absolute atomic E-state index is 13.1. The molecule has 7 heteroatoms. The molecule has 2 fully saturated rings.